The molecule has 1 aromatic rings. The Labute approximate surface area is 99.7 Å². The number of alkyl halides is 1. The van der Waals surface area contributed by atoms with E-state index < -0.39 is 6.67 Å². The second-order valence-electron chi connectivity index (χ2n) is 3.45. The van der Waals surface area contributed by atoms with Crippen molar-refractivity contribution in [1.29, 1.82) is 0 Å². The Morgan fingerprint density at radius 3 is 2.41 bits per heavy atom. The molecule has 0 saturated heterocycles. The molecule has 0 spiro atoms. The summed E-state index contributed by atoms with van der Waals surface area (Å²) in [4.78, 5) is 11.8. The lowest BCUT2D eigenvalue weighted by Gasteiger charge is -2.12. The number of ether oxygens (including phenoxy) is 2. The third-order valence-electron chi connectivity index (χ3n) is 2.38. The van der Waals surface area contributed by atoms with Crippen molar-refractivity contribution in [2.45, 2.75) is 6.67 Å². The van der Waals surface area contributed by atoms with E-state index >= 15 is 0 Å². The number of hydrogen-bond donors (Lipinski definition) is 1. The highest BCUT2D eigenvalue weighted by Crippen LogP contribution is 2.29. The number of rotatable bonds is 6. The van der Waals surface area contributed by atoms with E-state index in [-0.39, 0.29) is 12.3 Å². The predicted octanol–water partition coefficient (Wildman–Crippen LogP) is 1.58. The standard InChI is InChI=1S/C12H16FNO3/c1-14-7-10(15)9-5-11(16-2)8(6-13)4-12(9)17-3/h4-5,14H,6-7H2,1-3H3. The van der Waals surface area contributed by atoms with Gasteiger partial charge in [-0.05, 0) is 19.2 Å². The van der Waals surface area contributed by atoms with E-state index in [1.165, 1.54) is 26.4 Å². The van der Waals surface area contributed by atoms with E-state index in [0.29, 0.717) is 22.6 Å². The zero-order chi connectivity index (χ0) is 12.8. The van der Waals surface area contributed by atoms with Crippen LogP contribution >= 0.6 is 0 Å². The molecule has 1 aromatic carbocycles. The first-order valence-corrected chi connectivity index (χ1v) is 5.16. The molecule has 5 heteroatoms. The van der Waals surface area contributed by atoms with E-state index in [0.717, 1.165) is 0 Å². The lowest BCUT2D eigenvalue weighted by Crippen LogP contribution is -2.19. The third-order valence-corrected chi connectivity index (χ3v) is 2.38. The van der Waals surface area contributed by atoms with Gasteiger partial charge in [0.25, 0.3) is 0 Å². The smallest absolute Gasteiger partial charge is 0.180 e. The number of methoxy groups -OCH3 is 2. The summed E-state index contributed by atoms with van der Waals surface area (Å²) in [5.74, 6) is 0.583. The molecule has 0 radical (unpaired) electrons. The van der Waals surface area contributed by atoms with Crippen molar-refractivity contribution < 1.29 is 18.7 Å². The molecule has 1 N–H and O–H groups in total. The number of carbonyl (C=O) groups is 1. The fraction of sp³-hybridized carbons (Fsp3) is 0.417. The van der Waals surface area contributed by atoms with Crippen LogP contribution in [0.15, 0.2) is 12.1 Å². The normalized spacial score (nSPS) is 10.1. The van der Waals surface area contributed by atoms with Crippen molar-refractivity contribution in [2.75, 3.05) is 27.8 Å². The predicted molar refractivity (Wildman–Crippen MR) is 62.6 cm³/mol. The van der Waals surface area contributed by atoms with Crippen LogP contribution in [-0.4, -0.2) is 33.6 Å². The summed E-state index contributed by atoms with van der Waals surface area (Å²) in [5.41, 5.74) is 0.751. The van der Waals surface area contributed by atoms with Gasteiger partial charge in [-0.15, -0.1) is 0 Å². The zero-order valence-electron chi connectivity index (χ0n) is 10.2. The molecule has 0 bridgehead atoms. The number of likely N-dealkylation sites (N-methyl/N-ethyl adjacent to an activating group) is 1. The van der Waals surface area contributed by atoms with Gasteiger partial charge < -0.3 is 14.8 Å². The molecule has 0 aliphatic carbocycles. The highest BCUT2D eigenvalue weighted by atomic mass is 19.1. The Bertz CT molecular complexity index is 407. The Balaban J connectivity index is 3.23. The first-order chi connectivity index (χ1) is 8.17. The van der Waals surface area contributed by atoms with Crippen LogP contribution in [0.25, 0.3) is 0 Å². The molecule has 0 heterocycles. The summed E-state index contributed by atoms with van der Waals surface area (Å²) in [7, 11) is 4.56. The summed E-state index contributed by atoms with van der Waals surface area (Å²) in [6.45, 7) is -0.478. The SMILES string of the molecule is CNCC(=O)c1cc(OC)c(CF)cc1OC. The van der Waals surface area contributed by atoms with Crippen molar-refractivity contribution in [2.24, 2.45) is 0 Å². The molecule has 0 fully saturated rings. The fourth-order valence-electron chi connectivity index (χ4n) is 1.54. The summed E-state index contributed by atoms with van der Waals surface area (Å²) < 4.78 is 22.9. The first-order valence-electron chi connectivity index (χ1n) is 5.16. The highest BCUT2D eigenvalue weighted by molar-refractivity contribution is 6.00. The Morgan fingerprint density at radius 2 is 1.94 bits per heavy atom. The lowest BCUT2D eigenvalue weighted by molar-refractivity contribution is 0.0990. The Hall–Kier alpha value is -1.62. The summed E-state index contributed by atoms with van der Waals surface area (Å²) in [6.07, 6.45) is 0. The third kappa shape index (κ3) is 2.94. The van der Waals surface area contributed by atoms with Gasteiger partial charge in [-0.1, -0.05) is 0 Å². The summed E-state index contributed by atoms with van der Waals surface area (Å²) in [6, 6.07) is 3.00. The van der Waals surface area contributed by atoms with Crippen LogP contribution < -0.4 is 14.8 Å². The number of Topliss-reactive ketones (excluding diaryl/α,β-unsaturated/α-hetero) is 1. The second kappa shape index (κ2) is 6.20. The minimum Gasteiger partial charge on any atom is -0.496 e. The minimum atomic E-state index is -0.667. The first kappa shape index (κ1) is 13.4. The van der Waals surface area contributed by atoms with E-state index in [4.69, 9.17) is 9.47 Å². The van der Waals surface area contributed by atoms with Crippen molar-refractivity contribution >= 4 is 5.78 Å². The molecular weight excluding hydrogens is 225 g/mol. The average Bonchev–Trinajstić information content (AvgIpc) is 2.37. The number of carbonyl (C=O) groups excluding carboxylic acids is 1. The lowest BCUT2D eigenvalue weighted by atomic mass is 10.1. The monoisotopic (exact) mass is 241 g/mol. The maximum atomic E-state index is 12.7. The molecule has 0 saturated carbocycles. The molecular formula is C12H16FNO3. The largest absolute Gasteiger partial charge is 0.496 e. The van der Waals surface area contributed by atoms with Gasteiger partial charge in [0, 0.05) is 5.56 Å². The average molecular weight is 241 g/mol. The summed E-state index contributed by atoms with van der Waals surface area (Å²) >= 11 is 0. The maximum Gasteiger partial charge on any atom is 0.180 e. The van der Waals surface area contributed by atoms with Crippen LogP contribution in [0, 0.1) is 0 Å². The van der Waals surface area contributed by atoms with Gasteiger partial charge in [0.2, 0.25) is 0 Å². The zero-order valence-corrected chi connectivity index (χ0v) is 10.2. The topological polar surface area (TPSA) is 47.6 Å². The van der Waals surface area contributed by atoms with E-state index in [1.807, 2.05) is 0 Å². The molecule has 1 rings (SSSR count). The van der Waals surface area contributed by atoms with Crippen molar-refractivity contribution in [3.63, 3.8) is 0 Å². The van der Waals surface area contributed by atoms with E-state index in [2.05, 4.69) is 5.32 Å². The van der Waals surface area contributed by atoms with Crippen LogP contribution in [0.5, 0.6) is 11.5 Å². The van der Waals surface area contributed by atoms with Crippen LogP contribution in [0.2, 0.25) is 0 Å². The maximum absolute atomic E-state index is 12.7. The quantitative estimate of drug-likeness (QED) is 0.768. The molecule has 0 aliphatic rings. The molecule has 0 unspecified atom stereocenters. The van der Waals surface area contributed by atoms with Gasteiger partial charge in [-0.25, -0.2) is 4.39 Å². The highest BCUT2D eigenvalue weighted by Gasteiger charge is 2.16. The number of nitrogens with one attached hydrogen (secondary N) is 1. The van der Waals surface area contributed by atoms with Gasteiger partial charge in [0.15, 0.2) is 5.78 Å². The van der Waals surface area contributed by atoms with Gasteiger partial charge in [-0.3, -0.25) is 4.79 Å². The van der Waals surface area contributed by atoms with E-state index in [1.54, 1.807) is 7.05 Å². The fourth-order valence-corrected chi connectivity index (χ4v) is 1.54. The number of benzene rings is 1. The summed E-state index contributed by atoms with van der Waals surface area (Å²) in [5, 5.41) is 2.76. The number of hydrogen-bond acceptors (Lipinski definition) is 4. The second-order valence-corrected chi connectivity index (χ2v) is 3.45. The van der Waals surface area contributed by atoms with Gasteiger partial charge in [0.05, 0.1) is 26.3 Å². The van der Waals surface area contributed by atoms with Crippen LogP contribution in [0.4, 0.5) is 4.39 Å². The van der Waals surface area contributed by atoms with Gasteiger partial charge in [-0.2, -0.15) is 0 Å². The molecule has 0 amide bonds. The van der Waals surface area contributed by atoms with Crippen molar-refractivity contribution in [3.8, 4) is 11.5 Å². The molecule has 0 atom stereocenters. The number of halogens is 1. The molecule has 0 aromatic heterocycles. The Kier molecular flexibility index (Phi) is 4.90. The van der Waals surface area contributed by atoms with Crippen molar-refractivity contribution in [1.82, 2.24) is 5.32 Å². The number of ketones is 1. The molecule has 4 nitrogen and oxygen atoms in total. The Morgan fingerprint density at radius 1 is 1.29 bits per heavy atom. The van der Waals surface area contributed by atoms with Crippen LogP contribution in [0.1, 0.15) is 15.9 Å². The van der Waals surface area contributed by atoms with Gasteiger partial charge >= 0.3 is 0 Å². The van der Waals surface area contributed by atoms with Gasteiger partial charge in [0.1, 0.15) is 18.2 Å². The van der Waals surface area contributed by atoms with Crippen LogP contribution in [0.3, 0.4) is 0 Å². The molecule has 0 aliphatic heterocycles. The molecule has 17 heavy (non-hydrogen) atoms. The molecule has 94 valence electrons. The minimum absolute atomic E-state index is 0.131. The van der Waals surface area contributed by atoms with Crippen LogP contribution in [-0.2, 0) is 6.67 Å². The van der Waals surface area contributed by atoms with E-state index in [9.17, 15) is 9.18 Å². The van der Waals surface area contributed by atoms with Crippen molar-refractivity contribution in [3.05, 3.63) is 23.3 Å².